The van der Waals surface area contributed by atoms with Crippen LogP contribution in [0.1, 0.15) is 12.0 Å². The van der Waals surface area contributed by atoms with E-state index in [0.717, 1.165) is 11.3 Å². The molecule has 1 aromatic carbocycles. The van der Waals surface area contributed by atoms with Crippen LogP contribution in [0.5, 0.6) is 11.8 Å². The summed E-state index contributed by atoms with van der Waals surface area (Å²) in [6.07, 6.45) is 2.70. The Kier molecular flexibility index (Phi) is 2.59. The number of ether oxygens (including phenoxy) is 1. The monoisotopic (exact) mass is 259 g/mol. The number of fused-ring (bicyclic) bond motifs is 1. The van der Waals surface area contributed by atoms with Crippen molar-refractivity contribution in [3.8, 4) is 11.8 Å². The number of benzene rings is 1. The molecule has 0 saturated carbocycles. The van der Waals surface area contributed by atoms with E-state index in [1.165, 1.54) is 11.0 Å². The molecule has 3 N–H and O–H groups in total. The number of nitrogen functional groups attached to an aromatic ring is 1. The lowest BCUT2D eigenvalue weighted by Gasteiger charge is -2.18. The summed E-state index contributed by atoms with van der Waals surface area (Å²) >= 11 is 0. The van der Waals surface area contributed by atoms with Gasteiger partial charge in [-0.15, -0.1) is 5.10 Å². The molecule has 0 bridgehead atoms. The molecule has 98 valence electrons. The number of carbonyl (C=O) groups is 1. The second-order valence-electron chi connectivity index (χ2n) is 4.40. The Balaban J connectivity index is 1.93. The summed E-state index contributed by atoms with van der Waals surface area (Å²) in [5, 5.41) is 6.81. The highest BCUT2D eigenvalue weighted by Crippen LogP contribution is 2.34. The minimum atomic E-state index is -0.000757. The molecule has 0 atom stereocenters. The molecule has 1 aromatic heterocycles. The first-order chi connectivity index (χ1) is 9.11. The first-order valence-electron chi connectivity index (χ1n) is 5.87. The predicted molar refractivity (Wildman–Crippen MR) is 68.9 cm³/mol. The lowest BCUT2D eigenvalue weighted by molar-refractivity contribution is -0.116. The molecular weight excluding hydrogens is 246 g/mol. The lowest BCUT2D eigenvalue weighted by atomic mass is 10.0. The summed E-state index contributed by atoms with van der Waals surface area (Å²) in [7, 11) is 1.75. The van der Waals surface area contributed by atoms with E-state index in [1.54, 1.807) is 13.1 Å². The van der Waals surface area contributed by atoms with Crippen LogP contribution in [0.2, 0.25) is 0 Å². The van der Waals surface area contributed by atoms with Crippen LogP contribution in [-0.2, 0) is 18.3 Å². The van der Waals surface area contributed by atoms with Gasteiger partial charge in [-0.25, -0.2) is 0 Å². The van der Waals surface area contributed by atoms with Gasteiger partial charge in [0.05, 0.1) is 5.69 Å². The maximum atomic E-state index is 11.4. The Labute approximate surface area is 109 Å². The van der Waals surface area contributed by atoms with Gasteiger partial charge in [0.2, 0.25) is 5.91 Å². The van der Waals surface area contributed by atoms with Gasteiger partial charge < -0.3 is 15.8 Å². The summed E-state index contributed by atoms with van der Waals surface area (Å²) in [5.74, 6) is 0.436. The number of aromatic nitrogens is 3. The average Bonchev–Trinajstić information content (AvgIpc) is 2.76. The summed E-state index contributed by atoms with van der Waals surface area (Å²) in [4.78, 5) is 15.3. The van der Waals surface area contributed by atoms with Gasteiger partial charge in [-0.3, -0.25) is 9.48 Å². The molecule has 2 aromatic rings. The van der Waals surface area contributed by atoms with Gasteiger partial charge in [0, 0.05) is 25.2 Å². The smallest absolute Gasteiger partial charge is 0.341 e. The summed E-state index contributed by atoms with van der Waals surface area (Å²) in [6.45, 7) is 0. The van der Waals surface area contributed by atoms with Crippen LogP contribution in [0.4, 0.5) is 11.4 Å². The molecule has 1 aliphatic heterocycles. The minimum Gasteiger partial charge on any atom is -0.421 e. The van der Waals surface area contributed by atoms with Gasteiger partial charge in [-0.1, -0.05) is 0 Å². The highest BCUT2D eigenvalue weighted by molar-refractivity contribution is 5.94. The van der Waals surface area contributed by atoms with Gasteiger partial charge in [0.1, 0.15) is 6.33 Å². The fourth-order valence-electron chi connectivity index (χ4n) is 1.98. The van der Waals surface area contributed by atoms with Crippen molar-refractivity contribution in [1.82, 2.24) is 14.8 Å². The fourth-order valence-corrected chi connectivity index (χ4v) is 1.98. The van der Waals surface area contributed by atoms with Gasteiger partial charge >= 0.3 is 6.01 Å². The molecule has 7 heteroatoms. The molecule has 19 heavy (non-hydrogen) atoms. The molecule has 0 unspecified atom stereocenters. The first kappa shape index (κ1) is 11.5. The minimum absolute atomic E-state index is 0.000757. The third kappa shape index (κ3) is 2.22. The van der Waals surface area contributed by atoms with Gasteiger partial charge in [-0.2, -0.15) is 4.98 Å². The maximum Gasteiger partial charge on any atom is 0.341 e. The number of rotatable bonds is 2. The van der Waals surface area contributed by atoms with E-state index in [2.05, 4.69) is 15.4 Å². The van der Waals surface area contributed by atoms with Crippen molar-refractivity contribution in [2.45, 2.75) is 12.8 Å². The van der Waals surface area contributed by atoms with E-state index in [0.29, 0.717) is 24.3 Å². The van der Waals surface area contributed by atoms with E-state index in [4.69, 9.17) is 10.5 Å². The number of anilines is 2. The molecule has 0 aliphatic carbocycles. The molecule has 7 nitrogen and oxygen atoms in total. The van der Waals surface area contributed by atoms with Crippen LogP contribution in [-0.4, -0.2) is 20.7 Å². The van der Waals surface area contributed by atoms with Crippen molar-refractivity contribution in [1.29, 1.82) is 0 Å². The van der Waals surface area contributed by atoms with Gasteiger partial charge in [-0.05, 0) is 18.1 Å². The number of nitrogens with zero attached hydrogens (tertiary/aromatic N) is 3. The largest absolute Gasteiger partial charge is 0.421 e. The number of hydrogen-bond donors (Lipinski definition) is 2. The zero-order valence-electron chi connectivity index (χ0n) is 10.4. The van der Waals surface area contributed by atoms with Crippen molar-refractivity contribution in [3.63, 3.8) is 0 Å². The quantitative estimate of drug-likeness (QED) is 0.787. The Morgan fingerprint density at radius 1 is 1.42 bits per heavy atom. The predicted octanol–water partition coefficient (Wildman–Crippen LogP) is 1.07. The van der Waals surface area contributed by atoms with E-state index in [9.17, 15) is 4.79 Å². The van der Waals surface area contributed by atoms with Crippen LogP contribution in [0.15, 0.2) is 18.5 Å². The van der Waals surface area contributed by atoms with Crippen molar-refractivity contribution < 1.29 is 9.53 Å². The third-order valence-electron chi connectivity index (χ3n) is 2.91. The number of aryl methyl sites for hydroxylation is 2. The summed E-state index contributed by atoms with van der Waals surface area (Å²) in [6, 6.07) is 3.74. The van der Waals surface area contributed by atoms with Gasteiger partial charge in [0.15, 0.2) is 5.75 Å². The number of hydrogen-bond acceptors (Lipinski definition) is 5. The molecule has 0 spiro atoms. The Morgan fingerprint density at radius 3 is 3.00 bits per heavy atom. The third-order valence-corrected chi connectivity index (χ3v) is 2.91. The Morgan fingerprint density at radius 2 is 2.26 bits per heavy atom. The van der Waals surface area contributed by atoms with E-state index in [-0.39, 0.29) is 11.9 Å². The molecular formula is C12H13N5O2. The fraction of sp³-hybridized carbons (Fsp3) is 0.250. The van der Waals surface area contributed by atoms with Crippen LogP contribution in [0, 0.1) is 0 Å². The second kappa shape index (κ2) is 4.27. The number of carbonyl (C=O) groups excluding carboxylic acids is 1. The second-order valence-corrected chi connectivity index (χ2v) is 4.40. The van der Waals surface area contributed by atoms with E-state index >= 15 is 0 Å². The van der Waals surface area contributed by atoms with Crippen molar-refractivity contribution >= 4 is 17.3 Å². The summed E-state index contributed by atoms with van der Waals surface area (Å²) in [5.41, 5.74) is 8.18. The van der Waals surface area contributed by atoms with Crippen LogP contribution >= 0.6 is 0 Å². The topological polar surface area (TPSA) is 95.1 Å². The lowest BCUT2D eigenvalue weighted by Crippen LogP contribution is -2.19. The highest BCUT2D eigenvalue weighted by Gasteiger charge is 2.18. The molecule has 0 radical (unpaired) electrons. The van der Waals surface area contributed by atoms with Crippen molar-refractivity contribution in [2.75, 3.05) is 11.1 Å². The van der Waals surface area contributed by atoms with E-state index < -0.39 is 0 Å². The standard InChI is InChI=1S/C12H13N5O2/c1-17-6-14-12(16-17)19-10-5-9-7(4-8(10)13)2-3-11(18)15-9/h4-6H,2-3,13H2,1H3,(H,15,18). The van der Waals surface area contributed by atoms with Crippen LogP contribution in [0.3, 0.4) is 0 Å². The zero-order valence-corrected chi connectivity index (χ0v) is 10.4. The van der Waals surface area contributed by atoms with Gasteiger partial charge in [0.25, 0.3) is 0 Å². The zero-order chi connectivity index (χ0) is 13.4. The maximum absolute atomic E-state index is 11.4. The van der Waals surface area contributed by atoms with Crippen LogP contribution < -0.4 is 15.8 Å². The molecule has 2 heterocycles. The van der Waals surface area contributed by atoms with Crippen molar-refractivity contribution in [3.05, 3.63) is 24.0 Å². The normalized spacial score (nSPS) is 13.8. The van der Waals surface area contributed by atoms with E-state index in [1.807, 2.05) is 6.07 Å². The Bertz CT molecular complexity index is 650. The molecule has 0 saturated heterocycles. The Hall–Kier alpha value is -2.57. The number of amides is 1. The number of nitrogens with two attached hydrogens (primary N) is 1. The van der Waals surface area contributed by atoms with Crippen LogP contribution in [0.25, 0.3) is 0 Å². The first-order valence-corrected chi connectivity index (χ1v) is 5.87. The number of nitrogens with one attached hydrogen (secondary N) is 1. The molecule has 1 aliphatic rings. The highest BCUT2D eigenvalue weighted by atomic mass is 16.5. The SMILES string of the molecule is Cn1cnc(Oc2cc3c(cc2N)CCC(=O)N3)n1. The summed E-state index contributed by atoms with van der Waals surface area (Å²) < 4.78 is 7.05. The molecule has 0 fully saturated rings. The van der Waals surface area contributed by atoms with Crippen molar-refractivity contribution in [2.24, 2.45) is 7.05 Å². The molecule has 1 amide bonds. The molecule has 3 rings (SSSR count). The average molecular weight is 259 g/mol.